The molecule has 1 fully saturated rings. The van der Waals surface area contributed by atoms with E-state index in [1.54, 1.807) is 29.2 Å². The van der Waals surface area contributed by atoms with Gasteiger partial charge in [-0.05, 0) is 71.1 Å². The van der Waals surface area contributed by atoms with Gasteiger partial charge in [-0.3, -0.25) is 4.79 Å². The number of hydrogen-bond donors (Lipinski definition) is 1. The molecule has 7 heteroatoms. The van der Waals surface area contributed by atoms with E-state index < -0.39 is 10.0 Å². The lowest BCUT2D eigenvalue weighted by molar-refractivity contribution is 0.0988. The van der Waals surface area contributed by atoms with Crippen molar-refractivity contribution in [1.29, 1.82) is 0 Å². The zero-order chi connectivity index (χ0) is 19.0. The molecule has 0 unspecified atom stereocenters. The topological polar surface area (TPSA) is 66.5 Å². The number of sulfonamides is 1. The van der Waals surface area contributed by atoms with Gasteiger partial charge in [-0.2, -0.15) is 0 Å². The van der Waals surface area contributed by atoms with Crippen LogP contribution in [0.3, 0.4) is 0 Å². The van der Waals surface area contributed by atoms with E-state index >= 15 is 0 Å². The van der Waals surface area contributed by atoms with Crippen LogP contribution in [0, 0.1) is 0 Å². The Morgan fingerprint density at radius 1 is 1.11 bits per heavy atom. The van der Waals surface area contributed by atoms with Crippen molar-refractivity contribution in [3.8, 4) is 0 Å². The first kappa shape index (κ1) is 18.7. The third-order valence-electron chi connectivity index (χ3n) is 5.28. The lowest BCUT2D eigenvalue weighted by Gasteiger charge is -2.19. The van der Waals surface area contributed by atoms with Gasteiger partial charge in [-0.1, -0.05) is 25.0 Å². The van der Waals surface area contributed by atoms with Gasteiger partial charge in [0.05, 0.1) is 10.5 Å². The molecule has 0 saturated heterocycles. The van der Waals surface area contributed by atoms with Crippen LogP contribution in [0.1, 0.15) is 41.6 Å². The fourth-order valence-corrected chi connectivity index (χ4v) is 5.68. The van der Waals surface area contributed by atoms with E-state index in [2.05, 4.69) is 20.7 Å². The highest BCUT2D eigenvalue weighted by Crippen LogP contribution is 2.32. The SMILES string of the molecule is O=C(c1ccccc1Br)N1CCc2cc(S(=O)(=O)NC3CCCC3)ccc21. The van der Waals surface area contributed by atoms with Gasteiger partial charge in [0.15, 0.2) is 0 Å². The molecule has 2 aliphatic rings. The summed E-state index contributed by atoms with van der Waals surface area (Å²) in [6.07, 6.45) is 4.60. The second-order valence-corrected chi connectivity index (χ2v) is 9.65. The van der Waals surface area contributed by atoms with Gasteiger partial charge < -0.3 is 4.90 Å². The number of nitrogens with zero attached hydrogens (tertiary/aromatic N) is 1. The molecule has 0 aromatic heterocycles. The molecule has 1 N–H and O–H groups in total. The first-order valence-electron chi connectivity index (χ1n) is 9.17. The zero-order valence-corrected chi connectivity index (χ0v) is 17.2. The molecule has 0 spiro atoms. The van der Waals surface area contributed by atoms with Gasteiger partial charge in [0, 0.05) is 22.7 Å². The maximum Gasteiger partial charge on any atom is 0.259 e. The van der Waals surface area contributed by atoms with Crippen LogP contribution in [0.15, 0.2) is 51.8 Å². The van der Waals surface area contributed by atoms with E-state index in [1.165, 1.54) is 0 Å². The largest absolute Gasteiger partial charge is 0.308 e. The Labute approximate surface area is 167 Å². The standard InChI is InChI=1S/C20H21BrN2O3S/c21-18-8-4-3-7-17(18)20(24)23-12-11-14-13-16(9-10-19(14)23)27(25,26)22-15-5-1-2-6-15/h3-4,7-10,13,15,22H,1-2,5-6,11-12H2. The molecular weight excluding hydrogens is 428 g/mol. The number of carbonyl (C=O) groups is 1. The molecule has 0 atom stereocenters. The molecule has 1 amide bonds. The van der Waals surface area contributed by atoms with Crippen LogP contribution < -0.4 is 9.62 Å². The Bertz CT molecular complexity index is 984. The first-order valence-corrected chi connectivity index (χ1v) is 11.4. The van der Waals surface area contributed by atoms with Crippen molar-refractivity contribution in [3.05, 3.63) is 58.1 Å². The second kappa shape index (κ2) is 7.37. The molecule has 27 heavy (non-hydrogen) atoms. The van der Waals surface area contributed by atoms with Crippen LogP contribution in [0.2, 0.25) is 0 Å². The van der Waals surface area contributed by atoms with E-state index in [-0.39, 0.29) is 16.8 Å². The summed E-state index contributed by atoms with van der Waals surface area (Å²) in [6, 6.07) is 12.4. The van der Waals surface area contributed by atoms with E-state index in [4.69, 9.17) is 0 Å². The Kier molecular flexibility index (Phi) is 5.09. The van der Waals surface area contributed by atoms with Gasteiger partial charge in [0.2, 0.25) is 10.0 Å². The second-order valence-electron chi connectivity index (χ2n) is 7.08. The van der Waals surface area contributed by atoms with Gasteiger partial charge in [-0.25, -0.2) is 13.1 Å². The number of nitrogens with one attached hydrogen (secondary N) is 1. The van der Waals surface area contributed by atoms with E-state index in [1.807, 2.05) is 18.2 Å². The van der Waals surface area contributed by atoms with Crippen LogP contribution in [0.25, 0.3) is 0 Å². The molecule has 5 nitrogen and oxygen atoms in total. The van der Waals surface area contributed by atoms with Crippen molar-refractivity contribution < 1.29 is 13.2 Å². The number of carbonyl (C=O) groups excluding carboxylic acids is 1. The zero-order valence-electron chi connectivity index (χ0n) is 14.8. The summed E-state index contributed by atoms with van der Waals surface area (Å²) in [5, 5.41) is 0. The summed E-state index contributed by atoms with van der Waals surface area (Å²) >= 11 is 3.43. The molecular formula is C20H21BrN2O3S. The highest BCUT2D eigenvalue weighted by atomic mass is 79.9. The molecule has 1 aliphatic heterocycles. The Morgan fingerprint density at radius 3 is 2.59 bits per heavy atom. The summed E-state index contributed by atoms with van der Waals surface area (Å²) in [6.45, 7) is 0.551. The number of fused-ring (bicyclic) bond motifs is 1. The third kappa shape index (κ3) is 3.68. The molecule has 2 aromatic rings. The molecule has 1 aliphatic carbocycles. The van der Waals surface area contributed by atoms with E-state index in [0.717, 1.165) is 41.4 Å². The van der Waals surface area contributed by atoms with E-state index in [9.17, 15) is 13.2 Å². The summed E-state index contributed by atoms with van der Waals surface area (Å²) in [5.41, 5.74) is 2.28. The third-order valence-corrected chi connectivity index (χ3v) is 7.49. The molecule has 0 bridgehead atoms. The Morgan fingerprint density at radius 2 is 1.85 bits per heavy atom. The van der Waals surface area contributed by atoms with Crippen molar-refractivity contribution in [2.75, 3.05) is 11.4 Å². The monoisotopic (exact) mass is 448 g/mol. The van der Waals surface area contributed by atoms with Crippen molar-refractivity contribution in [1.82, 2.24) is 4.72 Å². The van der Waals surface area contributed by atoms with E-state index in [0.29, 0.717) is 18.5 Å². The summed E-state index contributed by atoms with van der Waals surface area (Å²) in [4.78, 5) is 14.9. The van der Waals surface area contributed by atoms with Crippen molar-refractivity contribution >= 4 is 37.5 Å². The smallest absolute Gasteiger partial charge is 0.259 e. The van der Waals surface area contributed by atoms with Crippen LogP contribution in [0.5, 0.6) is 0 Å². The summed E-state index contributed by atoms with van der Waals surface area (Å²) in [5.74, 6) is -0.0825. The predicted octanol–water partition coefficient (Wildman–Crippen LogP) is 3.87. The lowest BCUT2D eigenvalue weighted by Crippen LogP contribution is -2.32. The van der Waals surface area contributed by atoms with Crippen LogP contribution in [-0.4, -0.2) is 26.9 Å². The molecule has 1 heterocycles. The predicted molar refractivity (Wildman–Crippen MR) is 109 cm³/mol. The molecule has 142 valence electrons. The van der Waals surface area contributed by atoms with Crippen molar-refractivity contribution in [3.63, 3.8) is 0 Å². The van der Waals surface area contributed by atoms with Crippen molar-refractivity contribution in [2.45, 2.75) is 43.0 Å². The minimum Gasteiger partial charge on any atom is -0.308 e. The molecule has 4 rings (SSSR count). The van der Waals surface area contributed by atoms with Crippen LogP contribution in [-0.2, 0) is 16.4 Å². The quantitative estimate of drug-likeness (QED) is 0.771. The van der Waals surface area contributed by atoms with Gasteiger partial charge in [-0.15, -0.1) is 0 Å². The minimum absolute atomic E-state index is 0.0387. The molecule has 0 radical (unpaired) electrons. The maximum atomic E-state index is 12.9. The van der Waals surface area contributed by atoms with Gasteiger partial charge >= 0.3 is 0 Å². The highest BCUT2D eigenvalue weighted by Gasteiger charge is 2.29. The Hall–Kier alpha value is -1.70. The normalized spacial score (nSPS) is 17.3. The van der Waals surface area contributed by atoms with Crippen LogP contribution in [0.4, 0.5) is 5.69 Å². The number of hydrogen-bond acceptors (Lipinski definition) is 3. The van der Waals surface area contributed by atoms with Crippen molar-refractivity contribution in [2.24, 2.45) is 0 Å². The fraction of sp³-hybridized carbons (Fsp3) is 0.350. The number of rotatable bonds is 4. The van der Waals surface area contributed by atoms with Gasteiger partial charge in [0.25, 0.3) is 5.91 Å². The Balaban J connectivity index is 1.59. The first-order chi connectivity index (χ1) is 13.0. The fourth-order valence-electron chi connectivity index (χ4n) is 3.87. The molecule has 1 saturated carbocycles. The van der Waals surface area contributed by atoms with Gasteiger partial charge in [0.1, 0.15) is 0 Å². The number of benzene rings is 2. The maximum absolute atomic E-state index is 12.9. The van der Waals surface area contributed by atoms with Crippen LogP contribution >= 0.6 is 15.9 Å². The number of anilines is 1. The summed E-state index contributed by atoms with van der Waals surface area (Å²) < 4.78 is 28.9. The molecule has 2 aromatic carbocycles. The lowest BCUT2D eigenvalue weighted by atomic mass is 10.1. The number of amides is 1. The number of halogens is 1. The summed E-state index contributed by atoms with van der Waals surface area (Å²) in [7, 11) is -3.52. The minimum atomic E-state index is -3.52. The highest BCUT2D eigenvalue weighted by molar-refractivity contribution is 9.10. The average molecular weight is 449 g/mol. The average Bonchev–Trinajstić information content (AvgIpc) is 3.30.